The minimum absolute atomic E-state index is 0.0253. The number of hydrogen-bond donors (Lipinski definition) is 3. The minimum atomic E-state index is -2.21. The van der Waals surface area contributed by atoms with Crippen molar-refractivity contribution >= 4 is 29.8 Å². The molecule has 2 unspecified atom stereocenters. The minimum Gasteiger partial charge on any atom is -0.478 e. The van der Waals surface area contributed by atoms with Crippen LogP contribution in [0.3, 0.4) is 0 Å². The van der Waals surface area contributed by atoms with E-state index < -0.39 is 36.1 Å². The molecule has 0 saturated carbocycles. The van der Waals surface area contributed by atoms with Crippen molar-refractivity contribution in [1.29, 1.82) is 0 Å². The van der Waals surface area contributed by atoms with Crippen LogP contribution in [0, 0.1) is 11.3 Å². The first-order valence-corrected chi connectivity index (χ1v) is 12.7. The summed E-state index contributed by atoms with van der Waals surface area (Å²) in [6.07, 6.45) is -3.40. The Labute approximate surface area is 232 Å². The summed E-state index contributed by atoms with van der Waals surface area (Å²) in [6, 6.07) is 14.8. The summed E-state index contributed by atoms with van der Waals surface area (Å²) >= 11 is 0. The maximum Gasteiger partial charge on any atom is 0.349 e. The summed E-state index contributed by atoms with van der Waals surface area (Å²) in [4.78, 5) is 58.5. The first kappa shape index (κ1) is 32.0. The van der Waals surface area contributed by atoms with E-state index in [0.29, 0.717) is 5.92 Å². The number of carboxylic acid groups (broad SMARTS) is 2. The number of carbonyl (C=O) groups is 5. The molecule has 0 aliphatic carbocycles. The highest BCUT2D eigenvalue weighted by Gasteiger charge is 2.41. The van der Waals surface area contributed by atoms with Gasteiger partial charge in [-0.15, -0.1) is 0 Å². The van der Waals surface area contributed by atoms with Gasteiger partial charge in [0.05, 0.1) is 16.5 Å². The van der Waals surface area contributed by atoms with Gasteiger partial charge in [-0.3, -0.25) is 4.79 Å². The van der Waals surface area contributed by atoms with E-state index in [1.165, 1.54) is 48.5 Å². The molecule has 3 rings (SSSR count). The van der Waals surface area contributed by atoms with Crippen molar-refractivity contribution in [3.63, 3.8) is 0 Å². The summed E-state index contributed by atoms with van der Waals surface area (Å²) in [5.74, 6) is -5.29. The molecular formula is C29H35NO10. The molecule has 11 nitrogen and oxygen atoms in total. The molecule has 0 amide bonds. The number of esters is 3. The summed E-state index contributed by atoms with van der Waals surface area (Å²) in [5.41, 5.74) is -0.334. The molecule has 40 heavy (non-hydrogen) atoms. The van der Waals surface area contributed by atoms with Crippen molar-refractivity contribution in [2.24, 2.45) is 11.3 Å². The number of aliphatic carboxylic acids is 2. The smallest absolute Gasteiger partial charge is 0.349 e. The van der Waals surface area contributed by atoms with Gasteiger partial charge in [-0.1, -0.05) is 43.3 Å². The molecule has 1 fully saturated rings. The van der Waals surface area contributed by atoms with Crippen LogP contribution in [0.25, 0.3) is 0 Å². The van der Waals surface area contributed by atoms with Crippen molar-refractivity contribution in [3.05, 3.63) is 71.8 Å². The Morgan fingerprint density at radius 2 is 1.23 bits per heavy atom. The van der Waals surface area contributed by atoms with E-state index in [9.17, 15) is 34.2 Å². The molecule has 0 aromatic heterocycles. The predicted molar refractivity (Wildman–Crippen MR) is 143 cm³/mol. The van der Waals surface area contributed by atoms with E-state index in [-0.39, 0.29) is 28.6 Å². The van der Waals surface area contributed by atoms with E-state index in [0.717, 1.165) is 19.5 Å². The van der Waals surface area contributed by atoms with E-state index in [1.54, 1.807) is 12.1 Å². The molecule has 1 saturated heterocycles. The van der Waals surface area contributed by atoms with Gasteiger partial charge >= 0.3 is 29.8 Å². The molecule has 11 heteroatoms. The zero-order valence-electron chi connectivity index (χ0n) is 22.9. The summed E-state index contributed by atoms with van der Waals surface area (Å²) in [5, 5.41) is 21.8. The summed E-state index contributed by atoms with van der Waals surface area (Å²) < 4.78 is 15.0. The number of carboxylic acids is 2. The normalized spacial score (nSPS) is 18.1. The highest BCUT2D eigenvalue weighted by atomic mass is 16.6. The van der Waals surface area contributed by atoms with Crippen molar-refractivity contribution in [3.8, 4) is 0 Å². The Kier molecular flexibility index (Phi) is 11.8. The fourth-order valence-corrected chi connectivity index (χ4v) is 3.48. The van der Waals surface area contributed by atoms with Crippen molar-refractivity contribution < 1.29 is 48.4 Å². The third-order valence-corrected chi connectivity index (χ3v) is 5.83. The van der Waals surface area contributed by atoms with Crippen LogP contribution in [0.4, 0.5) is 0 Å². The number of nitrogens with one attached hydrogen (secondary N) is 1. The molecule has 0 spiro atoms. The van der Waals surface area contributed by atoms with Crippen molar-refractivity contribution in [2.45, 2.75) is 52.4 Å². The van der Waals surface area contributed by atoms with Gasteiger partial charge in [0, 0.05) is 12.5 Å². The molecular weight excluding hydrogens is 522 g/mol. The molecule has 1 aliphatic heterocycles. The van der Waals surface area contributed by atoms with Gasteiger partial charge in [0.15, 0.2) is 0 Å². The second-order valence-corrected chi connectivity index (χ2v) is 10.2. The maximum absolute atomic E-state index is 12.0. The third kappa shape index (κ3) is 9.81. The van der Waals surface area contributed by atoms with Crippen LogP contribution in [0.15, 0.2) is 60.7 Å². The maximum atomic E-state index is 12.0. The summed E-state index contributed by atoms with van der Waals surface area (Å²) in [6.45, 7) is 9.69. The lowest BCUT2D eigenvalue weighted by molar-refractivity contribution is -0.166. The monoisotopic (exact) mass is 557 g/mol. The van der Waals surface area contributed by atoms with E-state index in [4.69, 9.17) is 14.2 Å². The Balaban J connectivity index is 0.000000337. The molecule has 1 aliphatic rings. The van der Waals surface area contributed by atoms with Crippen LogP contribution in [0.5, 0.6) is 0 Å². The molecule has 216 valence electrons. The highest BCUT2D eigenvalue weighted by Crippen LogP contribution is 2.21. The Morgan fingerprint density at radius 3 is 1.57 bits per heavy atom. The van der Waals surface area contributed by atoms with Crippen molar-refractivity contribution in [1.82, 2.24) is 5.32 Å². The second kappa shape index (κ2) is 14.8. The second-order valence-electron chi connectivity index (χ2n) is 10.2. The van der Waals surface area contributed by atoms with Gasteiger partial charge in [0.25, 0.3) is 0 Å². The van der Waals surface area contributed by atoms with Gasteiger partial charge in [0.2, 0.25) is 12.2 Å². The predicted octanol–water partition coefficient (Wildman–Crippen LogP) is 3.18. The molecule has 3 N–H and O–H groups in total. The van der Waals surface area contributed by atoms with E-state index >= 15 is 0 Å². The van der Waals surface area contributed by atoms with Crippen LogP contribution in [0.1, 0.15) is 54.8 Å². The van der Waals surface area contributed by atoms with Crippen LogP contribution >= 0.6 is 0 Å². The quantitative estimate of drug-likeness (QED) is 0.322. The van der Waals surface area contributed by atoms with Crippen LogP contribution in [-0.4, -0.2) is 71.5 Å². The zero-order valence-corrected chi connectivity index (χ0v) is 22.9. The molecule has 2 aromatic rings. The van der Waals surface area contributed by atoms with Gasteiger partial charge < -0.3 is 29.7 Å². The fraction of sp³-hybridized carbons (Fsp3) is 0.414. The molecule has 1 heterocycles. The van der Waals surface area contributed by atoms with Gasteiger partial charge in [-0.2, -0.15) is 0 Å². The van der Waals surface area contributed by atoms with Crippen LogP contribution < -0.4 is 5.32 Å². The topological polar surface area (TPSA) is 166 Å². The first-order chi connectivity index (χ1) is 18.8. The zero-order chi connectivity index (χ0) is 29.9. The molecule has 2 aromatic carbocycles. The number of piperidine rings is 1. The number of hydrogen-bond acceptors (Lipinski definition) is 9. The lowest BCUT2D eigenvalue weighted by atomic mass is 9.95. The Morgan fingerprint density at radius 1 is 0.800 bits per heavy atom. The number of ether oxygens (including phenoxy) is 3. The summed E-state index contributed by atoms with van der Waals surface area (Å²) in [7, 11) is 0. The number of carbonyl (C=O) groups excluding carboxylic acids is 3. The molecule has 0 bridgehead atoms. The highest BCUT2D eigenvalue weighted by molar-refractivity contribution is 5.95. The third-order valence-electron chi connectivity index (χ3n) is 5.83. The average molecular weight is 558 g/mol. The van der Waals surface area contributed by atoms with E-state index in [1.807, 2.05) is 20.8 Å². The van der Waals surface area contributed by atoms with Gasteiger partial charge in [-0.05, 0) is 58.0 Å². The van der Waals surface area contributed by atoms with Crippen molar-refractivity contribution in [2.75, 3.05) is 13.1 Å². The first-order valence-electron chi connectivity index (χ1n) is 12.7. The Bertz CT molecular complexity index is 1090. The average Bonchev–Trinajstić information content (AvgIpc) is 2.92. The number of rotatable bonds is 8. The SMILES string of the molecule is C[C@H]1CNCC[C@@H]1OC(=O)C(C)(C)C.O=C(OC(C(=O)O)C(OC(=O)c1ccccc1)C(=O)O)c1ccccc1. The van der Waals surface area contributed by atoms with Gasteiger partial charge in [-0.25, -0.2) is 19.2 Å². The number of benzene rings is 2. The van der Waals surface area contributed by atoms with E-state index in [2.05, 4.69) is 12.2 Å². The van der Waals surface area contributed by atoms with Gasteiger partial charge in [0.1, 0.15) is 6.10 Å². The molecule has 4 atom stereocenters. The largest absolute Gasteiger partial charge is 0.478 e. The lowest BCUT2D eigenvalue weighted by Gasteiger charge is -2.31. The Hall–Kier alpha value is -4.25. The molecule has 0 radical (unpaired) electrons. The lowest BCUT2D eigenvalue weighted by Crippen LogP contribution is -2.45. The van der Waals surface area contributed by atoms with Crippen LogP contribution in [-0.2, 0) is 28.6 Å². The fourth-order valence-electron chi connectivity index (χ4n) is 3.48. The standard InChI is InChI=1S/C18H14O8.C11H21NO2/c19-15(20)13(25-17(23)11-7-3-1-4-8-11)14(16(21)22)26-18(24)12-9-5-2-6-10-12;1-8-7-12-6-5-9(8)14-10(13)11(2,3)4/h1-10,13-14H,(H,19,20)(H,21,22);8-9,12H,5-7H2,1-4H3/t;8-,9-/m.0/s1. The van der Waals surface area contributed by atoms with Crippen LogP contribution in [0.2, 0.25) is 0 Å².